The molecule has 3 N–H and O–H groups in total. The molecule has 0 bridgehead atoms. The van der Waals surface area contributed by atoms with E-state index < -0.39 is 0 Å². The van der Waals surface area contributed by atoms with Gasteiger partial charge in [-0.3, -0.25) is 15.6 Å². The van der Waals surface area contributed by atoms with E-state index in [0.717, 1.165) is 24.2 Å². The first kappa shape index (κ1) is 17.4. The van der Waals surface area contributed by atoms with Gasteiger partial charge in [-0.25, -0.2) is 4.39 Å². The van der Waals surface area contributed by atoms with E-state index in [4.69, 9.17) is 4.74 Å². The largest absolute Gasteiger partial charge is 0.496 e. The Balaban J connectivity index is 1.75. The number of nitrogens with one attached hydrogen (secondary N) is 3. The summed E-state index contributed by atoms with van der Waals surface area (Å²) in [5.41, 5.74) is 8.64. The number of methoxy groups -OCH3 is 1. The molecule has 0 radical (unpaired) electrons. The molecule has 1 atom stereocenters. The van der Waals surface area contributed by atoms with Crippen molar-refractivity contribution in [1.82, 2.24) is 16.2 Å². The topological polar surface area (TPSA) is 62.4 Å². The fourth-order valence-electron chi connectivity index (χ4n) is 2.96. The summed E-state index contributed by atoms with van der Waals surface area (Å²) in [4.78, 5) is 12.6. The highest BCUT2D eigenvalue weighted by Crippen LogP contribution is 2.26. The number of halogens is 1. The lowest BCUT2D eigenvalue weighted by atomic mass is 9.98. The number of hydrogen-bond acceptors (Lipinski definition) is 4. The molecule has 0 aromatic heterocycles. The van der Waals surface area contributed by atoms with Gasteiger partial charge in [-0.1, -0.05) is 18.2 Å². The number of benzene rings is 2. The molecule has 3 rings (SSSR count). The van der Waals surface area contributed by atoms with Gasteiger partial charge < -0.3 is 10.1 Å². The molecule has 1 fully saturated rings. The van der Waals surface area contributed by atoms with E-state index in [1.54, 1.807) is 25.3 Å². The van der Waals surface area contributed by atoms with Crippen LogP contribution >= 0.6 is 0 Å². The summed E-state index contributed by atoms with van der Waals surface area (Å²) >= 11 is 0. The molecule has 25 heavy (non-hydrogen) atoms. The zero-order valence-electron chi connectivity index (χ0n) is 14.3. The molecule has 1 amide bonds. The van der Waals surface area contributed by atoms with E-state index in [1.807, 2.05) is 19.1 Å². The monoisotopic (exact) mass is 343 g/mol. The molecule has 6 heteroatoms. The maximum absolute atomic E-state index is 13.0. The summed E-state index contributed by atoms with van der Waals surface area (Å²) in [5, 5.41) is 2.93. The van der Waals surface area contributed by atoms with Gasteiger partial charge in [0.15, 0.2) is 0 Å². The van der Waals surface area contributed by atoms with E-state index in [-0.39, 0.29) is 17.8 Å². The second-order valence-corrected chi connectivity index (χ2v) is 6.17. The summed E-state index contributed by atoms with van der Waals surface area (Å²) in [6, 6.07) is 11.5. The molecule has 1 aliphatic rings. The number of carbonyl (C=O) groups excluding carboxylic acids is 1. The quantitative estimate of drug-likeness (QED) is 0.781. The van der Waals surface area contributed by atoms with Crippen LogP contribution in [0, 0.1) is 5.82 Å². The molecule has 1 aliphatic heterocycles. The Hall–Kier alpha value is -2.44. The van der Waals surface area contributed by atoms with Crippen molar-refractivity contribution in [2.75, 3.05) is 20.2 Å². The lowest BCUT2D eigenvalue weighted by Gasteiger charge is -2.17. The molecule has 2 aromatic rings. The lowest BCUT2D eigenvalue weighted by Crippen LogP contribution is -2.27. The van der Waals surface area contributed by atoms with Gasteiger partial charge in [-0.2, -0.15) is 0 Å². The van der Waals surface area contributed by atoms with Gasteiger partial charge in [0.25, 0.3) is 5.91 Å². The van der Waals surface area contributed by atoms with E-state index >= 15 is 0 Å². The maximum atomic E-state index is 13.0. The van der Waals surface area contributed by atoms with E-state index in [2.05, 4.69) is 16.2 Å². The van der Waals surface area contributed by atoms with Crippen molar-refractivity contribution in [2.24, 2.45) is 0 Å². The van der Waals surface area contributed by atoms with Crippen LogP contribution in [0.25, 0.3) is 0 Å². The number of ether oxygens (including phenoxy) is 1. The van der Waals surface area contributed by atoms with Crippen LogP contribution in [0.4, 0.5) is 4.39 Å². The van der Waals surface area contributed by atoms with Crippen molar-refractivity contribution in [1.29, 1.82) is 0 Å². The van der Waals surface area contributed by atoms with Crippen LogP contribution in [0.15, 0.2) is 42.5 Å². The average molecular weight is 343 g/mol. The first-order valence-electron chi connectivity index (χ1n) is 8.28. The van der Waals surface area contributed by atoms with E-state index in [9.17, 15) is 9.18 Å². The highest BCUT2D eigenvalue weighted by Gasteiger charge is 2.20. The molecule has 5 nitrogen and oxygen atoms in total. The Morgan fingerprint density at radius 2 is 1.88 bits per heavy atom. The molecule has 0 spiro atoms. The van der Waals surface area contributed by atoms with Gasteiger partial charge in [0, 0.05) is 19.0 Å². The third-order valence-corrected chi connectivity index (χ3v) is 4.48. The van der Waals surface area contributed by atoms with Crippen molar-refractivity contribution in [3.8, 4) is 5.75 Å². The summed E-state index contributed by atoms with van der Waals surface area (Å²) in [7, 11) is 1.56. The van der Waals surface area contributed by atoms with E-state index in [0.29, 0.717) is 17.2 Å². The third kappa shape index (κ3) is 3.97. The van der Waals surface area contributed by atoms with Gasteiger partial charge in [0.2, 0.25) is 0 Å². The Labute approximate surface area is 146 Å². The van der Waals surface area contributed by atoms with Gasteiger partial charge in [0.05, 0.1) is 18.7 Å². The molecular formula is C19H22FN3O2. The minimum atomic E-state index is -0.296. The fraction of sp³-hybridized carbons (Fsp3) is 0.316. The summed E-state index contributed by atoms with van der Waals surface area (Å²) < 4.78 is 18.4. The predicted octanol–water partition coefficient (Wildman–Crippen LogP) is 2.52. The third-order valence-electron chi connectivity index (χ3n) is 4.48. The summed E-state index contributed by atoms with van der Waals surface area (Å²) in [6.07, 6.45) is 0. The minimum Gasteiger partial charge on any atom is -0.496 e. The number of carbonyl (C=O) groups is 1. The summed E-state index contributed by atoms with van der Waals surface area (Å²) in [5.74, 6) is 0.385. The maximum Gasteiger partial charge on any atom is 0.255 e. The number of hydrogen-bond donors (Lipinski definition) is 3. The lowest BCUT2D eigenvalue weighted by molar-refractivity contribution is 0.0937. The molecule has 0 saturated carbocycles. The zero-order valence-corrected chi connectivity index (χ0v) is 14.3. The molecule has 2 aromatic carbocycles. The van der Waals surface area contributed by atoms with Crippen molar-refractivity contribution < 1.29 is 13.9 Å². The first-order chi connectivity index (χ1) is 12.1. The van der Waals surface area contributed by atoms with Crippen LogP contribution in [0.3, 0.4) is 0 Å². The Morgan fingerprint density at radius 1 is 1.20 bits per heavy atom. The van der Waals surface area contributed by atoms with Crippen molar-refractivity contribution >= 4 is 5.91 Å². The highest BCUT2D eigenvalue weighted by atomic mass is 19.1. The van der Waals surface area contributed by atoms with Gasteiger partial charge in [-0.15, -0.1) is 0 Å². The van der Waals surface area contributed by atoms with Crippen LogP contribution in [-0.4, -0.2) is 26.1 Å². The van der Waals surface area contributed by atoms with Crippen LogP contribution in [0.1, 0.15) is 40.4 Å². The van der Waals surface area contributed by atoms with Crippen LogP contribution in [0.5, 0.6) is 5.75 Å². The number of amides is 1. The Bertz CT molecular complexity index is 743. The Kier molecular flexibility index (Phi) is 5.31. The van der Waals surface area contributed by atoms with Crippen LogP contribution < -0.4 is 20.9 Å². The fourth-order valence-corrected chi connectivity index (χ4v) is 2.96. The van der Waals surface area contributed by atoms with Crippen molar-refractivity contribution in [2.45, 2.75) is 18.9 Å². The zero-order chi connectivity index (χ0) is 17.8. The molecule has 0 aliphatic carbocycles. The normalized spacial score (nSPS) is 15.8. The van der Waals surface area contributed by atoms with Crippen molar-refractivity contribution in [3.63, 3.8) is 0 Å². The Morgan fingerprint density at radius 3 is 2.52 bits per heavy atom. The first-order valence-corrected chi connectivity index (χ1v) is 8.28. The second-order valence-electron chi connectivity index (χ2n) is 6.17. The molecule has 1 saturated heterocycles. The smallest absolute Gasteiger partial charge is 0.255 e. The molecule has 0 unspecified atom stereocenters. The standard InChI is InChI=1S/C19H22FN3O2/c1-12(13-3-6-16(20)7-4-13)23-19(24)17-8-5-14(9-18(17)25-2)15-10-21-22-11-15/h3-9,12,15,21-22H,10-11H2,1-2H3,(H,23,24)/t12-/m1/s1. The van der Waals surface area contributed by atoms with Gasteiger partial charge in [-0.05, 0) is 42.3 Å². The van der Waals surface area contributed by atoms with Gasteiger partial charge >= 0.3 is 0 Å². The summed E-state index contributed by atoms with van der Waals surface area (Å²) in [6.45, 7) is 3.55. The number of rotatable bonds is 5. The highest BCUT2D eigenvalue weighted by molar-refractivity contribution is 5.97. The molecule has 1 heterocycles. The van der Waals surface area contributed by atoms with E-state index in [1.165, 1.54) is 12.1 Å². The van der Waals surface area contributed by atoms with Crippen molar-refractivity contribution in [3.05, 3.63) is 65.0 Å². The average Bonchev–Trinajstić information content (AvgIpc) is 3.16. The van der Waals surface area contributed by atoms with Crippen LogP contribution in [-0.2, 0) is 0 Å². The van der Waals surface area contributed by atoms with Crippen LogP contribution in [0.2, 0.25) is 0 Å². The molecule has 132 valence electrons. The number of hydrazine groups is 1. The molecular weight excluding hydrogens is 321 g/mol. The predicted molar refractivity (Wildman–Crippen MR) is 94.0 cm³/mol. The second kappa shape index (κ2) is 7.63. The SMILES string of the molecule is COc1cc(C2CNNC2)ccc1C(=O)N[C@H](C)c1ccc(F)cc1. The van der Waals surface area contributed by atoms with Gasteiger partial charge in [0.1, 0.15) is 11.6 Å². The minimum absolute atomic E-state index is 0.220.